The lowest BCUT2D eigenvalue weighted by atomic mass is 10.1. The Morgan fingerprint density at radius 2 is 2.00 bits per heavy atom. The second-order valence-electron chi connectivity index (χ2n) is 6.79. The van der Waals surface area contributed by atoms with Crippen LogP contribution in [-0.2, 0) is 4.74 Å². The second-order valence-corrected chi connectivity index (χ2v) is 6.79. The zero-order valence-corrected chi connectivity index (χ0v) is 16.3. The fraction of sp³-hybridized carbons (Fsp3) is 0.400. The SMILES string of the molecule is COC(=O)c1c(C)[nH]c(C(=O)CN2CCN(c3ncccc3C#N)CC2)c1C. The van der Waals surface area contributed by atoms with Crippen LogP contribution in [0.2, 0.25) is 0 Å². The molecule has 28 heavy (non-hydrogen) atoms. The van der Waals surface area contributed by atoms with Gasteiger partial charge in [0.05, 0.1) is 30.5 Å². The average molecular weight is 381 g/mol. The topological polar surface area (TPSA) is 102 Å². The van der Waals surface area contributed by atoms with Crippen LogP contribution in [0.5, 0.6) is 0 Å². The molecule has 1 fully saturated rings. The minimum absolute atomic E-state index is 0.0558. The van der Waals surface area contributed by atoms with E-state index in [4.69, 9.17) is 4.74 Å². The van der Waals surface area contributed by atoms with Gasteiger partial charge in [0.2, 0.25) is 0 Å². The third-order valence-electron chi connectivity index (χ3n) is 5.05. The fourth-order valence-electron chi connectivity index (χ4n) is 3.57. The van der Waals surface area contributed by atoms with E-state index in [1.165, 1.54) is 7.11 Å². The minimum atomic E-state index is -0.442. The number of aryl methyl sites for hydroxylation is 1. The standard InChI is InChI=1S/C20H23N5O3/c1-13-17(20(27)28-3)14(2)23-18(13)16(26)12-24-7-9-25(10-8-24)19-15(11-21)5-4-6-22-19/h4-6,23H,7-10,12H2,1-3H3. The first-order valence-electron chi connectivity index (χ1n) is 9.09. The zero-order valence-electron chi connectivity index (χ0n) is 16.3. The number of rotatable bonds is 5. The number of methoxy groups -OCH3 is 1. The Kier molecular flexibility index (Phi) is 5.76. The molecule has 0 unspecified atom stereocenters. The Morgan fingerprint density at radius 1 is 1.29 bits per heavy atom. The Bertz CT molecular complexity index is 936. The molecule has 0 spiro atoms. The number of nitrogens with zero attached hydrogens (tertiary/aromatic N) is 4. The summed E-state index contributed by atoms with van der Waals surface area (Å²) in [5.41, 5.74) is 2.70. The summed E-state index contributed by atoms with van der Waals surface area (Å²) < 4.78 is 4.80. The average Bonchev–Trinajstić information content (AvgIpc) is 3.02. The highest BCUT2D eigenvalue weighted by Gasteiger charge is 2.26. The van der Waals surface area contributed by atoms with E-state index in [0.717, 1.165) is 0 Å². The molecule has 0 aliphatic carbocycles. The minimum Gasteiger partial charge on any atom is -0.465 e. The third kappa shape index (κ3) is 3.75. The van der Waals surface area contributed by atoms with Crippen LogP contribution in [0, 0.1) is 25.2 Å². The molecule has 8 nitrogen and oxygen atoms in total. The molecule has 2 aromatic heterocycles. The molecule has 1 aliphatic rings. The number of hydrogen-bond acceptors (Lipinski definition) is 7. The Balaban J connectivity index is 1.65. The monoisotopic (exact) mass is 381 g/mol. The highest BCUT2D eigenvalue weighted by atomic mass is 16.5. The van der Waals surface area contributed by atoms with Crippen molar-refractivity contribution in [3.8, 4) is 6.07 Å². The van der Waals surface area contributed by atoms with E-state index in [1.54, 1.807) is 32.2 Å². The predicted molar refractivity (Wildman–Crippen MR) is 104 cm³/mol. The number of carbonyl (C=O) groups is 2. The summed E-state index contributed by atoms with van der Waals surface area (Å²) in [5, 5.41) is 9.25. The maximum atomic E-state index is 12.8. The van der Waals surface area contributed by atoms with Crippen LogP contribution in [0.15, 0.2) is 18.3 Å². The van der Waals surface area contributed by atoms with E-state index < -0.39 is 5.97 Å². The van der Waals surface area contributed by atoms with Gasteiger partial charge in [0, 0.05) is 38.1 Å². The van der Waals surface area contributed by atoms with Crippen molar-refractivity contribution in [2.24, 2.45) is 0 Å². The second kappa shape index (κ2) is 8.23. The van der Waals surface area contributed by atoms with Crippen LogP contribution in [0.3, 0.4) is 0 Å². The molecule has 0 amide bonds. The van der Waals surface area contributed by atoms with Gasteiger partial charge in [-0.05, 0) is 31.5 Å². The molecule has 3 rings (SSSR count). The van der Waals surface area contributed by atoms with E-state index >= 15 is 0 Å². The number of piperazine rings is 1. The molecule has 1 saturated heterocycles. The third-order valence-corrected chi connectivity index (χ3v) is 5.05. The van der Waals surface area contributed by atoms with Crippen LogP contribution < -0.4 is 4.90 Å². The molecule has 0 saturated carbocycles. The molecule has 0 bridgehead atoms. The van der Waals surface area contributed by atoms with E-state index in [9.17, 15) is 14.9 Å². The van der Waals surface area contributed by atoms with Gasteiger partial charge in [-0.15, -0.1) is 0 Å². The molecule has 1 aliphatic heterocycles. The molecule has 3 heterocycles. The van der Waals surface area contributed by atoms with Crippen LogP contribution in [0.1, 0.15) is 37.7 Å². The number of ketones is 1. The summed E-state index contributed by atoms with van der Waals surface area (Å²) in [7, 11) is 1.33. The van der Waals surface area contributed by atoms with Crippen molar-refractivity contribution < 1.29 is 14.3 Å². The number of hydrogen-bond donors (Lipinski definition) is 1. The van der Waals surface area contributed by atoms with Crippen LogP contribution in [-0.4, -0.2) is 66.5 Å². The van der Waals surface area contributed by atoms with E-state index in [1.807, 2.05) is 0 Å². The van der Waals surface area contributed by atoms with Gasteiger partial charge in [-0.1, -0.05) is 0 Å². The number of nitriles is 1. The van der Waals surface area contributed by atoms with Gasteiger partial charge in [0.1, 0.15) is 11.9 Å². The van der Waals surface area contributed by atoms with Crippen molar-refractivity contribution in [2.75, 3.05) is 44.7 Å². The van der Waals surface area contributed by atoms with E-state index in [0.29, 0.717) is 60.1 Å². The molecular weight excluding hydrogens is 358 g/mol. The maximum Gasteiger partial charge on any atom is 0.339 e. The number of pyridine rings is 1. The number of anilines is 1. The van der Waals surface area contributed by atoms with Crippen LogP contribution in [0.4, 0.5) is 5.82 Å². The lowest BCUT2D eigenvalue weighted by Crippen LogP contribution is -2.48. The molecule has 0 aromatic carbocycles. The number of aromatic amines is 1. The van der Waals surface area contributed by atoms with Gasteiger partial charge < -0.3 is 14.6 Å². The summed E-state index contributed by atoms with van der Waals surface area (Å²) in [5.74, 6) is 0.192. The molecule has 0 radical (unpaired) electrons. The van der Waals surface area contributed by atoms with Crippen LogP contribution >= 0.6 is 0 Å². The van der Waals surface area contributed by atoms with Crippen molar-refractivity contribution in [2.45, 2.75) is 13.8 Å². The first-order valence-corrected chi connectivity index (χ1v) is 9.09. The van der Waals surface area contributed by atoms with Crippen molar-refractivity contribution in [1.82, 2.24) is 14.9 Å². The highest BCUT2D eigenvalue weighted by molar-refractivity contribution is 6.02. The number of esters is 1. The first-order chi connectivity index (χ1) is 13.5. The van der Waals surface area contributed by atoms with Gasteiger partial charge in [-0.2, -0.15) is 5.26 Å². The number of Topliss-reactive ketones (excluding diaryl/α,β-unsaturated/α-hetero) is 1. The number of H-pyrrole nitrogens is 1. The lowest BCUT2D eigenvalue weighted by Gasteiger charge is -2.35. The van der Waals surface area contributed by atoms with Gasteiger partial charge in [-0.3, -0.25) is 9.69 Å². The quantitative estimate of drug-likeness (QED) is 0.621. The summed E-state index contributed by atoms with van der Waals surface area (Å²) in [6, 6.07) is 5.68. The molecule has 1 N–H and O–H groups in total. The molecule has 8 heteroatoms. The van der Waals surface area contributed by atoms with Crippen molar-refractivity contribution in [1.29, 1.82) is 5.26 Å². The summed E-state index contributed by atoms with van der Waals surface area (Å²) in [6.45, 7) is 6.54. The van der Waals surface area contributed by atoms with Crippen molar-refractivity contribution >= 4 is 17.6 Å². The normalized spacial score (nSPS) is 14.6. The number of nitrogens with one attached hydrogen (secondary N) is 1. The van der Waals surface area contributed by atoms with Gasteiger partial charge in [0.25, 0.3) is 0 Å². The van der Waals surface area contributed by atoms with Gasteiger partial charge >= 0.3 is 5.97 Å². The molecule has 2 aromatic rings. The fourth-order valence-corrected chi connectivity index (χ4v) is 3.57. The predicted octanol–water partition coefficient (Wildman–Crippen LogP) is 1.69. The Morgan fingerprint density at radius 3 is 2.64 bits per heavy atom. The highest BCUT2D eigenvalue weighted by Crippen LogP contribution is 2.21. The number of ether oxygens (including phenoxy) is 1. The smallest absolute Gasteiger partial charge is 0.339 e. The summed E-state index contributed by atoms with van der Waals surface area (Å²) >= 11 is 0. The molecule has 0 atom stereocenters. The largest absolute Gasteiger partial charge is 0.465 e. The summed E-state index contributed by atoms with van der Waals surface area (Å²) in [4.78, 5) is 36.2. The maximum absolute atomic E-state index is 12.8. The van der Waals surface area contributed by atoms with E-state index in [2.05, 4.69) is 25.8 Å². The Labute approximate surface area is 163 Å². The van der Waals surface area contributed by atoms with Crippen molar-refractivity contribution in [3.05, 3.63) is 46.4 Å². The number of aromatic nitrogens is 2. The van der Waals surface area contributed by atoms with Gasteiger partial charge in [-0.25, -0.2) is 9.78 Å². The first kappa shape index (κ1) is 19.6. The van der Waals surface area contributed by atoms with E-state index in [-0.39, 0.29) is 12.3 Å². The molecular formula is C20H23N5O3. The lowest BCUT2D eigenvalue weighted by molar-refractivity contribution is 0.0599. The Hall–Kier alpha value is -3.18. The summed E-state index contributed by atoms with van der Waals surface area (Å²) in [6.07, 6.45) is 1.68. The van der Waals surface area contributed by atoms with Crippen LogP contribution in [0.25, 0.3) is 0 Å². The zero-order chi connectivity index (χ0) is 20.3. The number of carbonyl (C=O) groups excluding carboxylic acids is 2. The van der Waals surface area contributed by atoms with Gasteiger partial charge in [0.15, 0.2) is 5.78 Å². The molecule has 146 valence electrons. The van der Waals surface area contributed by atoms with Crippen molar-refractivity contribution in [3.63, 3.8) is 0 Å².